The van der Waals surface area contributed by atoms with Crippen molar-refractivity contribution < 1.29 is 16.8 Å². The van der Waals surface area contributed by atoms with E-state index in [1.165, 1.54) is 0 Å². The zero-order valence-electron chi connectivity index (χ0n) is 35.0. The lowest BCUT2D eigenvalue weighted by atomic mass is 9.85. The maximum Gasteiger partial charge on any atom is 0.136 e. The largest absolute Gasteiger partial charge is 0.456 e. The lowest BCUT2D eigenvalue weighted by Gasteiger charge is -2.18. The second kappa shape index (κ2) is 11.1. The average Bonchev–Trinajstić information content (AvgIpc) is 3.60. The second-order valence-corrected chi connectivity index (χ2v) is 12.2. The normalized spacial score (nSPS) is 14.2. The molecule has 0 unspecified atom stereocenters. The van der Waals surface area contributed by atoms with Gasteiger partial charge in [0.15, 0.2) is 0 Å². The van der Waals surface area contributed by atoms with E-state index in [4.69, 9.17) is 16.8 Å². The molecule has 0 radical (unpaired) electrons. The molecule has 0 aliphatic heterocycles. The Morgan fingerprint density at radius 1 is 0.327 bits per heavy atom. The summed E-state index contributed by atoms with van der Waals surface area (Å²) in [6.45, 7) is 0. The van der Waals surface area contributed by atoms with Crippen LogP contribution in [0.3, 0.4) is 0 Å². The fourth-order valence-electron chi connectivity index (χ4n) is 7.13. The lowest BCUT2D eigenvalue weighted by Crippen LogP contribution is -1.91. The van der Waals surface area contributed by atoms with Gasteiger partial charge in [-0.15, -0.1) is 0 Å². The van der Waals surface area contributed by atoms with E-state index in [0.29, 0.717) is 5.56 Å². The van der Waals surface area contributed by atoms with Gasteiger partial charge in [-0.25, -0.2) is 0 Å². The molecule has 0 N–H and O–H groups in total. The first-order valence-corrected chi connectivity index (χ1v) is 16.1. The van der Waals surface area contributed by atoms with E-state index in [0.717, 1.165) is 76.5 Å². The maximum absolute atomic E-state index is 8.96. The minimum Gasteiger partial charge on any atom is -0.456 e. The number of hydrogen-bond acceptors (Lipinski definition) is 1. The molecule has 0 aliphatic carbocycles. The molecule has 1 heterocycles. The maximum atomic E-state index is 8.96. The van der Waals surface area contributed by atoms with Crippen LogP contribution in [0.2, 0.25) is 0 Å². The van der Waals surface area contributed by atoms with Crippen molar-refractivity contribution in [1.82, 2.24) is 0 Å². The van der Waals surface area contributed by atoms with Gasteiger partial charge in [0.2, 0.25) is 0 Å². The quantitative estimate of drug-likeness (QED) is 0.176. The van der Waals surface area contributed by atoms with Crippen molar-refractivity contribution in [2.75, 3.05) is 0 Å². The Kier molecular flexibility index (Phi) is 4.53. The van der Waals surface area contributed by atoms with E-state index in [9.17, 15) is 0 Å². The smallest absolute Gasteiger partial charge is 0.136 e. The van der Waals surface area contributed by atoms with Crippen LogP contribution in [0.15, 0.2) is 186 Å². The van der Waals surface area contributed by atoms with Gasteiger partial charge in [-0.05, 0) is 101 Å². The number of hydrogen-bond donors (Lipinski definition) is 0. The molecule has 1 aromatic heterocycles. The molecule has 1 heteroatoms. The molecule has 0 fully saturated rings. The zero-order valence-corrected chi connectivity index (χ0v) is 26.0. The molecule has 0 aliphatic rings. The van der Waals surface area contributed by atoms with Crippen molar-refractivity contribution in [2.45, 2.75) is 0 Å². The SMILES string of the molecule is [2H]c1c([2H])c([2H])c(-c2c([2H])c([2H])c(-c3ccc(-c4c5ccccc5c(-c5ccc6oc7cc8ccccc8cc7c6c5)c5ccccc45)cc3)c([2H])c2[2H])c([2H])c1[2H]. The standard InChI is InChI=1S/C48H30O/c1-2-10-31(11-3-1)32-18-20-33(21-19-32)34-22-24-35(25-23-34)47-39-14-6-8-16-41(39)48(42-17-9-7-15-40(42)47)38-26-27-45-43(29-38)44-28-36-12-4-5-13-37(36)30-46(44)49-45/h1-30H/i1D,2D,3D,10D,11D,18D,19D,20D,21D. The third-order valence-electron chi connectivity index (χ3n) is 9.39. The first-order valence-electron chi connectivity index (χ1n) is 20.6. The summed E-state index contributed by atoms with van der Waals surface area (Å²) in [6, 6.07) is 38.3. The van der Waals surface area contributed by atoms with Crippen LogP contribution in [0.5, 0.6) is 0 Å². The molecule has 0 spiro atoms. The molecule has 228 valence electrons. The van der Waals surface area contributed by atoms with Gasteiger partial charge in [-0.2, -0.15) is 0 Å². The van der Waals surface area contributed by atoms with Crippen molar-refractivity contribution in [3.8, 4) is 44.5 Å². The molecule has 0 atom stereocenters. The minimum atomic E-state index is -0.609. The summed E-state index contributed by atoms with van der Waals surface area (Å²) in [5, 5.41) is 8.60. The number of benzene rings is 9. The lowest BCUT2D eigenvalue weighted by molar-refractivity contribution is 0.669. The topological polar surface area (TPSA) is 13.1 Å². The van der Waals surface area contributed by atoms with E-state index in [-0.39, 0.29) is 28.8 Å². The first-order chi connectivity index (χ1) is 28.0. The Balaban J connectivity index is 1.12. The van der Waals surface area contributed by atoms with Gasteiger partial charge in [0.1, 0.15) is 11.2 Å². The summed E-state index contributed by atoms with van der Waals surface area (Å²) >= 11 is 0. The van der Waals surface area contributed by atoms with Crippen molar-refractivity contribution in [3.63, 3.8) is 0 Å². The molecule has 10 rings (SSSR count). The molecule has 0 amide bonds. The van der Waals surface area contributed by atoms with E-state index in [1.807, 2.05) is 54.6 Å². The van der Waals surface area contributed by atoms with Crippen LogP contribution in [0, 0.1) is 0 Å². The van der Waals surface area contributed by atoms with Crippen molar-refractivity contribution in [2.24, 2.45) is 0 Å². The molecule has 0 saturated heterocycles. The van der Waals surface area contributed by atoms with Gasteiger partial charge in [0.05, 0.1) is 12.3 Å². The van der Waals surface area contributed by atoms with E-state index in [2.05, 4.69) is 60.7 Å². The van der Waals surface area contributed by atoms with Gasteiger partial charge >= 0.3 is 0 Å². The zero-order chi connectivity index (χ0) is 40.1. The summed E-state index contributed by atoms with van der Waals surface area (Å²) < 4.78 is 83.0. The number of rotatable bonds is 4. The highest BCUT2D eigenvalue weighted by Crippen LogP contribution is 2.45. The van der Waals surface area contributed by atoms with Crippen LogP contribution in [-0.4, -0.2) is 0 Å². The van der Waals surface area contributed by atoms with Crippen LogP contribution in [0.25, 0.3) is 98.8 Å². The van der Waals surface area contributed by atoms with Crippen LogP contribution in [-0.2, 0) is 0 Å². The average molecular weight is 632 g/mol. The van der Waals surface area contributed by atoms with Crippen LogP contribution < -0.4 is 0 Å². The molecule has 9 aromatic carbocycles. The summed E-state index contributed by atoms with van der Waals surface area (Å²) in [5.41, 5.74) is 5.56. The van der Waals surface area contributed by atoms with Gasteiger partial charge < -0.3 is 4.42 Å². The predicted octanol–water partition coefficient (Wildman–Crippen LogP) is 13.7. The monoisotopic (exact) mass is 631 g/mol. The third kappa shape index (κ3) is 4.55. The van der Waals surface area contributed by atoms with Gasteiger partial charge in [0.25, 0.3) is 0 Å². The predicted molar refractivity (Wildman–Crippen MR) is 208 cm³/mol. The van der Waals surface area contributed by atoms with Gasteiger partial charge in [0, 0.05) is 10.8 Å². The summed E-state index contributed by atoms with van der Waals surface area (Å²) in [6.07, 6.45) is 0. The Morgan fingerprint density at radius 2 is 0.796 bits per heavy atom. The highest BCUT2D eigenvalue weighted by atomic mass is 16.3. The van der Waals surface area contributed by atoms with E-state index < -0.39 is 42.3 Å². The number of fused-ring (bicyclic) bond motifs is 6. The fraction of sp³-hybridized carbons (Fsp3) is 0. The van der Waals surface area contributed by atoms with Crippen LogP contribution in [0.4, 0.5) is 0 Å². The van der Waals surface area contributed by atoms with Crippen molar-refractivity contribution >= 4 is 54.3 Å². The van der Waals surface area contributed by atoms with Gasteiger partial charge in [-0.3, -0.25) is 0 Å². The Morgan fingerprint density at radius 3 is 1.43 bits per heavy atom. The molecule has 49 heavy (non-hydrogen) atoms. The highest BCUT2D eigenvalue weighted by Gasteiger charge is 2.18. The molecule has 1 nitrogen and oxygen atoms in total. The molecular weight excluding hydrogens is 593 g/mol. The van der Waals surface area contributed by atoms with Gasteiger partial charge in [-0.1, -0.05) is 158 Å². The van der Waals surface area contributed by atoms with E-state index in [1.54, 1.807) is 12.1 Å². The van der Waals surface area contributed by atoms with Crippen LogP contribution in [0.1, 0.15) is 12.3 Å². The molecule has 0 saturated carbocycles. The fourth-order valence-corrected chi connectivity index (χ4v) is 7.13. The minimum absolute atomic E-state index is 0.0536. The first kappa shape index (κ1) is 20.0. The Hall–Kier alpha value is -6.44. The molecular formula is C48H30O. The Bertz CT molecular complexity index is 3270. The summed E-state index contributed by atoms with van der Waals surface area (Å²) in [7, 11) is 0. The van der Waals surface area contributed by atoms with Crippen molar-refractivity contribution in [3.05, 3.63) is 182 Å². The second-order valence-electron chi connectivity index (χ2n) is 12.2. The molecule has 10 aromatic rings. The van der Waals surface area contributed by atoms with E-state index >= 15 is 0 Å². The molecule has 0 bridgehead atoms. The third-order valence-corrected chi connectivity index (χ3v) is 9.39. The summed E-state index contributed by atoms with van der Waals surface area (Å²) in [5.74, 6) is 0. The summed E-state index contributed by atoms with van der Waals surface area (Å²) in [4.78, 5) is 0. The highest BCUT2D eigenvalue weighted by molar-refractivity contribution is 6.22. The Labute approximate surface area is 297 Å². The van der Waals surface area contributed by atoms with Crippen LogP contribution >= 0.6 is 0 Å². The number of furan rings is 1. The van der Waals surface area contributed by atoms with Crippen molar-refractivity contribution in [1.29, 1.82) is 0 Å².